The second-order valence-electron chi connectivity index (χ2n) is 10.1. The van der Waals surface area contributed by atoms with Crippen LogP contribution in [0.5, 0.6) is 0 Å². The van der Waals surface area contributed by atoms with Gasteiger partial charge in [-0.1, -0.05) is 54.4 Å². The van der Waals surface area contributed by atoms with E-state index in [9.17, 15) is 19.2 Å². The summed E-state index contributed by atoms with van der Waals surface area (Å²) in [5.41, 5.74) is -0.707. The van der Waals surface area contributed by atoms with Crippen molar-refractivity contribution in [2.75, 3.05) is 7.11 Å². The van der Waals surface area contributed by atoms with Gasteiger partial charge in [-0.05, 0) is 44.9 Å². The minimum atomic E-state index is -0.881. The van der Waals surface area contributed by atoms with E-state index in [1.54, 1.807) is 20.8 Å². The summed E-state index contributed by atoms with van der Waals surface area (Å²) >= 11 is 0. The van der Waals surface area contributed by atoms with Crippen LogP contribution in [0.4, 0.5) is 4.79 Å². The van der Waals surface area contributed by atoms with E-state index in [1.807, 2.05) is 41.5 Å². The summed E-state index contributed by atoms with van der Waals surface area (Å²) in [5.74, 6) is -1.71. The van der Waals surface area contributed by atoms with Crippen LogP contribution < -0.4 is 16.0 Å². The van der Waals surface area contributed by atoms with Crippen LogP contribution in [-0.4, -0.2) is 54.7 Å². The average Bonchev–Trinajstić information content (AvgIpc) is 2.71. The number of amides is 3. The highest BCUT2D eigenvalue weighted by Crippen LogP contribution is 2.14. The molecule has 33 heavy (non-hydrogen) atoms. The number of hydrogen-bond donors (Lipinski definition) is 3. The smallest absolute Gasteiger partial charge is 0.408 e. The summed E-state index contributed by atoms with van der Waals surface area (Å²) in [5, 5.41) is 8.16. The molecule has 0 aliphatic carbocycles. The Balaban J connectivity index is 5.64. The number of alkyl carbamates (subject to hydrolysis) is 1. The first kappa shape index (κ1) is 30.7. The number of carbonyl (C=O) groups excluding carboxylic acids is 4. The second-order valence-corrected chi connectivity index (χ2v) is 10.1. The Hall–Kier alpha value is -2.32. The molecule has 5 atom stereocenters. The fraction of sp³-hybridized carbons (Fsp3) is 0.833. The SMILES string of the molecule is CC[C@H](C)[C@H](NC(=O)[C@H](CC(C)C)NC(=O)OC(C)(C)C)C(=O)N[C@H](C(=O)OC)[C@@H](C)CC. The lowest BCUT2D eigenvalue weighted by Gasteiger charge is -2.30. The molecular formula is C24H45N3O6. The molecule has 3 amide bonds. The zero-order valence-corrected chi connectivity index (χ0v) is 22.0. The maximum Gasteiger partial charge on any atom is 0.408 e. The largest absolute Gasteiger partial charge is 0.467 e. The minimum Gasteiger partial charge on any atom is -0.467 e. The Morgan fingerprint density at radius 3 is 1.70 bits per heavy atom. The standard InChI is InChI=1S/C24H45N3O6/c1-11-15(5)18(21(29)27-19(16(6)12-2)22(30)32-10)26-20(28)17(13-14(3)4)25-23(31)33-24(7,8)9/h14-19H,11-13H2,1-10H3,(H,25,31)(H,26,28)(H,27,29)/t15-,16-,17-,18-,19-/m0/s1. The molecule has 0 saturated carbocycles. The Morgan fingerprint density at radius 1 is 0.788 bits per heavy atom. The Labute approximate surface area is 199 Å². The zero-order chi connectivity index (χ0) is 25.9. The Kier molecular flexibility index (Phi) is 13.1. The van der Waals surface area contributed by atoms with E-state index in [4.69, 9.17) is 9.47 Å². The molecule has 0 aromatic carbocycles. The van der Waals surface area contributed by atoms with Gasteiger partial charge in [-0.25, -0.2) is 9.59 Å². The van der Waals surface area contributed by atoms with Crippen LogP contribution in [0, 0.1) is 17.8 Å². The van der Waals surface area contributed by atoms with E-state index in [-0.39, 0.29) is 17.8 Å². The van der Waals surface area contributed by atoms with Crippen molar-refractivity contribution < 1.29 is 28.7 Å². The molecule has 9 nitrogen and oxygen atoms in total. The molecule has 0 rings (SSSR count). The van der Waals surface area contributed by atoms with Crippen LogP contribution in [0.2, 0.25) is 0 Å². The fourth-order valence-corrected chi connectivity index (χ4v) is 3.15. The molecular weight excluding hydrogens is 426 g/mol. The minimum absolute atomic E-state index is 0.112. The summed E-state index contributed by atoms with van der Waals surface area (Å²) in [6.45, 7) is 16.6. The lowest BCUT2D eigenvalue weighted by atomic mass is 9.94. The van der Waals surface area contributed by atoms with Gasteiger partial charge >= 0.3 is 12.1 Å². The fourth-order valence-electron chi connectivity index (χ4n) is 3.15. The third-order valence-electron chi connectivity index (χ3n) is 5.47. The van der Waals surface area contributed by atoms with Gasteiger partial charge in [0.25, 0.3) is 0 Å². The molecule has 0 heterocycles. The van der Waals surface area contributed by atoms with Crippen LogP contribution in [0.1, 0.15) is 81.6 Å². The maximum atomic E-state index is 13.1. The van der Waals surface area contributed by atoms with Crippen molar-refractivity contribution in [2.24, 2.45) is 17.8 Å². The van der Waals surface area contributed by atoms with E-state index in [0.29, 0.717) is 19.3 Å². The highest BCUT2D eigenvalue weighted by molar-refractivity contribution is 5.93. The van der Waals surface area contributed by atoms with Gasteiger partial charge in [-0.15, -0.1) is 0 Å². The number of ether oxygens (including phenoxy) is 2. The molecule has 192 valence electrons. The zero-order valence-electron chi connectivity index (χ0n) is 22.0. The maximum absolute atomic E-state index is 13.1. The molecule has 0 aromatic heterocycles. The summed E-state index contributed by atoms with van der Waals surface area (Å²) in [6, 6.07) is -2.57. The van der Waals surface area contributed by atoms with E-state index in [2.05, 4.69) is 16.0 Å². The number of hydrogen-bond acceptors (Lipinski definition) is 6. The van der Waals surface area contributed by atoms with Gasteiger partial charge < -0.3 is 25.4 Å². The van der Waals surface area contributed by atoms with Crippen molar-refractivity contribution >= 4 is 23.9 Å². The second kappa shape index (κ2) is 14.1. The first-order chi connectivity index (χ1) is 15.2. The summed E-state index contributed by atoms with van der Waals surface area (Å²) in [4.78, 5) is 50.8. The molecule has 0 bridgehead atoms. The van der Waals surface area contributed by atoms with Crippen molar-refractivity contribution in [3.63, 3.8) is 0 Å². The summed E-state index contributed by atoms with van der Waals surface area (Å²) in [7, 11) is 1.27. The third kappa shape index (κ3) is 11.4. The van der Waals surface area contributed by atoms with E-state index >= 15 is 0 Å². The van der Waals surface area contributed by atoms with Crippen LogP contribution in [0.15, 0.2) is 0 Å². The van der Waals surface area contributed by atoms with Gasteiger partial charge in [0, 0.05) is 0 Å². The van der Waals surface area contributed by atoms with E-state index in [0.717, 1.165) is 0 Å². The van der Waals surface area contributed by atoms with Crippen molar-refractivity contribution in [1.82, 2.24) is 16.0 Å². The molecule has 9 heteroatoms. The molecule has 0 fully saturated rings. The first-order valence-electron chi connectivity index (χ1n) is 11.8. The molecule has 0 radical (unpaired) electrons. The molecule has 0 spiro atoms. The molecule has 0 saturated heterocycles. The van der Waals surface area contributed by atoms with Crippen molar-refractivity contribution in [3.8, 4) is 0 Å². The molecule has 0 aromatic rings. The lowest BCUT2D eigenvalue weighted by Crippen LogP contribution is -2.58. The number of nitrogens with one attached hydrogen (secondary N) is 3. The van der Waals surface area contributed by atoms with Crippen LogP contribution in [-0.2, 0) is 23.9 Å². The van der Waals surface area contributed by atoms with Gasteiger partial charge in [0.15, 0.2) is 0 Å². The van der Waals surface area contributed by atoms with Crippen molar-refractivity contribution in [3.05, 3.63) is 0 Å². The average molecular weight is 472 g/mol. The molecule has 0 aliphatic rings. The monoisotopic (exact) mass is 471 g/mol. The quantitative estimate of drug-likeness (QED) is 0.376. The molecule has 3 N–H and O–H groups in total. The number of methoxy groups -OCH3 is 1. The van der Waals surface area contributed by atoms with Crippen LogP contribution >= 0.6 is 0 Å². The van der Waals surface area contributed by atoms with E-state index < -0.39 is 47.6 Å². The highest BCUT2D eigenvalue weighted by Gasteiger charge is 2.34. The number of rotatable bonds is 12. The summed E-state index contributed by atoms with van der Waals surface area (Å²) in [6.07, 6.45) is 0.961. The molecule has 0 unspecified atom stereocenters. The Bertz CT molecular complexity index is 659. The van der Waals surface area contributed by atoms with Crippen LogP contribution in [0.3, 0.4) is 0 Å². The van der Waals surface area contributed by atoms with Gasteiger partial charge in [0.1, 0.15) is 23.7 Å². The normalized spacial score (nSPS) is 16.1. The predicted molar refractivity (Wildman–Crippen MR) is 127 cm³/mol. The Morgan fingerprint density at radius 2 is 1.27 bits per heavy atom. The summed E-state index contributed by atoms with van der Waals surface area (Å²) < 4.78 is 10.1. The third-order valence-corrected chi connectivity index (χ3v) is 5.47. The van der Waals surface area contributed by atoms with Gasteiger partial charge in [0.2, 0.25) is 11.8 Å². The van der Waals surface area contributed by atoms with Crippen molar-refractivity contribution in [2.45, 2.75) is 105 Å². The van der Waals surface area contributed by atoms with Crippen LogP contribution in [0.25, 0.3) is 0 Å². The van der Waals surface area contributed by atoms with Gasteiger partial charge in [-0.3, -0.25) is 9.59 Å². The van der Waals surface area contributed by atoms with Gasteiger partial charge in [0.05, 0.1) is 7.11 Å². The van der Waals surface area contributed by atoms with Crippen molar-refractivity contribution in [1.29, 1.82) is 0 Å². The highest BCUT2D eigenvalue weighted by atomic mass is 16.6. The first-order valence-corrected chi connectivity index (χ1v) is 11.8. The molecule has 0 aliphatic heterocycles. The predicted octanol–water partition coefficient (Wildman–Crippen LogP) is 3.16. The number of esters is 1. The van der Waals surface area contributed by atoms with Gasteiger partial charge in [-0.2, -0.15) is 0 Å². The van der Waals surface area contributed by atoms with E-state index in [1.165, 1.54) is 7.11 Å². The topological polar surface area (TPSA) is 123 Å². The lowest BCUT2D eigenvalue weighted by molar-refractivity contribution is -0.147. The number of carbonyl (C=O) groups is 4.